The second kappa shape index (κ2) is 5.23. The fourth-order valence-electron chi connectivity index (χ4n) is 2.71. The van der Waals surface area contributed by atoms with E-state index in [1.165, 1.54) is 5.56 Å². The third-order valence-corrected chi connectivity index (χ3v) is 3.73. The van der Waals surface area contributed by atoms with E-state index in [0.29, 0.717) is 6.61 Å². The molecule has 1 aromatic carbocycles. The third-order valence-electron chi connectivity index (χ3n) is 3.73. The molecule has 106 valence electrons. The van der Waals surface area contributed by atoms with Crippen LogP contribution in [0.1, 0.15) is 45.2 Å². The lowest BCUT2D eigenvalue weighted by Gasteiger charge is -2.46. The maximum Gasteiger partial charge on any atom is 0.208 e. The molecule has 2 unspecified atom stereocenters. The molecule has 19 heavy (non-hydrogen) atoms. The van der Waals surface area contributed by atoms with E-state index < -0.39 is 5.79 Å². The summed E-state index contributed by atoms with van der Waals surface area (Å²) in [6.45, 7) is 8.78. The fraction of sp³-hybridized carbons (Fsp3) is 0.625. The Bertz CT molecular complexity index is 444. The average molecular weight is 263 g/mol. The van der Waals surface area contributed by atoms with E-state index in [1.54, 1.807) is 0 Å². The van der Waals surface area contributed by atoms with Crippen molar-refractivity contribution in [3.8, 4) is 0 Å². The summed E-state index contributed by atoms with van der Waals surface area (Å²) in [5.74, 6) is -1.24. The van der Waals surface area contributed by atoms with Gasteiger partial charge < -0.3 is 15.2 Å². The predicted octanol–water partition coefficient (Wildman–Crippen LogP) is 2.57. The summed E-state index contributed by atoms with van der Waals surface area (Å²) in [4.78, 5) is 0. The van der Waals surface area contributed by atoms with Crippen LogP contribution < -0.4 is 5.32 Å². The van der Waals surface area contributed by atoms with Crippen molar-refractivity contribution in [2.75, 3.05) is 6.61 Å². The highest BCUT2D eigenvalue weighted by molar-refractivity contribution is 5.28. The zero-order chi connectivity index (χ0) is 14.1. The molecule has 3 heteroatoms. The highest BCUT2D eigenvalue weighted by Crippen LogP contribution is 2.33. The number of hydrogen-bond donors (Lipinski definition) is 2. The molecular formula is C16H25NO2. The van der Waals surface area contributed by atoms with Gasteiger partial charge in [0.15, 0.2) is 0 Å². The lowest BCUT2D eigenvalue weighted by atomic mass is 9.91. The van der Waals surface area contributed by atoms with Gasteiger partial charge in [-0.15, -0.1) is 0 Å². The lowest BCUT2D eigenvalue weighted by Crippen LogP contribution is -2.63. The molecule has 1 aromatic rings. The van der Waals surface area contributed by atoms with Gasteiger partial charge in [0, 0.05) is 11.1 Å². The molecule has 1 aliphatic heterocycles. The van der Waals surface area contributed by atoms with Crippen LogP contribution in [0.5, 0.6) is 0 Å². The Balaban J connectivity index is 2.27. The van der Waals surface area contributed by atoms with Gasteiger partial charge >= 0.3 is 0 Å². The van der Waals surface area contributed by atoms with Crippen molar-refractivity contribution >= 4 is 0 Å². The highest BCUT2D eigenvalue weighted by Gasteiger charge is 2.44. The number of nitrogens with one attached hydrogen (secondary N) is 1. The Kier molecular flexibility index (Phi) is 4.00. The lowest BCUT2D eigenvalue weighted by molar-refractivity contribution is -0.263. The van der Waals surface area contributed by atoms with Crippen LogP contribution in [-0.2, 0) is 16.9 Å². The van der Waals surface area contributed by atoms with Crippen molar-refractivity contribution in [1.82, 2.24) is 5.32 Å². The maximum absolute atomic E-state index is 10.9. The van der Waals surface area contributed by atoms with Gasteiger partial charge in [0.1, 0.15) is 0 Å². The number of benzene rings is 1. The molecule has 1 heterocycles. The van der Waals surface area contributed by atoms with Crippen molar-refractivity contribution in [2.45, 2.75) is 57.9 Å². The van der Waals surface area contributed by atoms with Gasteiger partial charge in [-0.25, -0.2) is 0 Å². The fourth-order valence-corrected chi connectivity index (χ4v) is 2.71. The molecule has 0 saturated carbocycles. The zero-order valence-electron chi connectivity index (χ0n) is 12.4. The van der Waals surface area contributed by atoms with Crippen molar-refractivity contribution in [3.05, 3.63) is 35.4 Å². The molecule has 0 aromatic heterocycles. The molecule has 3 nitrogen and oxygen atoms in total. The van der Waals surface area contributed by atoms with E-state index in [2.05, 4.69) is 38.2 Å². The van der Waals surface area contributed by atoms with Crippen LogP contribution in [-0.4, -0.2) is 23.3 Å². The van der Waals surface area contributed by atoms with Gasteiger partial charge in [-0.2, -0.15) is 0 Å². The Morgan fingerprint density at radius 3 is 2.79 bits per heavy atom. The second-order valence-corrected chi connectivity index (χ2v) is 6.19. The minimum absolute atomic E-state index is 0.104. The first-order valence-electron chi connectivity index (χ1n) is 7.11. The summed E-state index contributed by atoms with van der Waals surface area (Å²) >= 11 is 0. The first-order valence-corrected chi connectivity index (χ1v) is 7.11. The second-order valence-electron chi connectivity index (χ2n) is 6.19. The monoisotopic (exact) mass is 263 g/mol. The molecule has 2 rings (SSSR count). The van der Waals surface area contributed by atoms with E-state index in [4.69, 9.17) is 4.74 Å². The Morgan fingerprint density at radius 1 is 1.42 bits per heavy atom. The number of ether oxygens (including phenoxy) is 1. The van der Waals surface area contributed by atoms with E-state index in [1.807, 2.05) is 19.1 Å². The summed E-state index contributed by atoms with van der Waals surface area (Å²) in [6, 6.07) is 7.94. The number of hydrogen-bond acceptors (Lipinski definition) is 3. The molecule has 1 aliphatic rings. The number of rotatable bonds is 3. The minimum Gasteiger partial charge on any atom is -0.361 e. The number of aliphatic hydroxyl groups is 1. The standard InChI is InChI=1S/C16H25NO2/c1-5-7-13-8-6-9-14(10-13)16(18)12(2)17-15(3,4)11-19-16/h6,8-10,12,17-18H,5,7,11H2,1-4H3. The first kappa shape index (κ1) is 14.5. The summed E-state index contributed by atoms with van der Waals surface area (Å²) < 4.78 is 5.81. The van der Waals surface area contributed by atoms with Crippen LogP contribution in [0.25, 0.3) is 0 Å². The molecule has 0 bridgehead atoms. The van der Waals surface area contributed by atoms with E-state index in [9.17, 15) is 5.11 Å². The summed E-state index contributed by atoms with van der Waals surface area (Å²) in [7, 11) is 0. The van der Waals surface area contributed by atoms with Crippen molar-refractivity contribution in [2.24, 2.45) is 0 Å². The van der Waals surface area contributed by atoms with Gasteiger partial charge in [-0.1, -0.05) is 37.6 Å². The molecular weight excluding hydrogens is 238 g/mol. The van der Waals surface area contributed by atoms with Crippen molar-refractivity contribution < 1.29 is 9.84 Å². The smallest absolute Gasteiger partial charge is 0.208 e. The highest BCUT2D eigenvalue weighted by atomic mass is 16.6. The Morgan fingerprint density at radius 2 is 2.16 bits per heavy atom. The minimum atomic E-state index is -1.24. The summed E-state index contributed by atoms with van der Waals surface area (Å²) in [6.07, 6.45) is 2.13. The van der Waals surface area contributed by atoms with Gasteiger partial charge in [-0.3, -0.25) is 0 Å². The summed E-state index contributed by atoms with van der Waals surface area (Å²) in [5, 5.41) is 14.3. The Hall–Kier alpha value is -0.900. The van der Waals surface area contributed by atoms with E-state index in [0.717, 1.165) is 18.4 Å². The normalized spacial score (nSPS) is 30.3. The van der Waals surface area contributed by atoms with E-state index >= 15 is 0 Å². The topological polar surface area (TPSA) is 41.5 Å². The predicted molar refractivity (Wildman–Crippen MR) is 77.0 cm³/mol. The molecule has 1 fully saturated rings. The van der Waals surface area contributed by atoms with Gasteiger partial charge in [0.25, 0.3) is 0 Å². The van der Waals surface area contributed by atoms with Crippen LogP contribution in [0, 0.1) is 0 Å². The molecule has 0 spiro atoms. The largest absolute Gasteiger partial charge is 0.361 e. The molecule has 0 radical (unpaired) electrons. The molecule has 0 amide bonds. The average Bonchev–Trinajstić information content (AvgIpc) is 2.35. The molecule has 1 saturated heterocycles. The zero-order valence-corrected chi connectivity index (χ0v) is 12.4. The quantitative estimate of drug-likeness (QED) is 0.880. The third kappa shape index (κ3) is 2.99. The van der Waals surface area contributed by atoms with Gasteiger partial charge in [0.2, 0.25) is 5.79 Å². The van der Waals surface area contributed by atoms with Crippen LogP contribution in [0.4, 0.5) is 0 Å². The molecule has 2 N–H and O–H groups in total. The number of aryl methyl sites for hydroxylation is 1. The summed E-state index contributed by atoms with van der Waals surface area (Å²) in [5.41, 5.74) is 1.98. The van der Waals surface area contributed by atoms with E-state index in [-0.39, 0.29) is 11.6 Å². The maximum atomic E-state index is 10.9. The van der Waals surface area contributed by atoms with Gasteiger partial charge in [-0.05, 0) is 32.8 Å². The van der Waals surface area contributed by atoms with Crippen LogP contribution in [0.2, 0.25) is 0 Å². The van der Waals surface area contributed by atoms with Crippen molar-refractivity contribution in [3.63, 3.8) is 0 Å². The Labute approximate surface area is 116 Å². The van der Waals surface area contributed by atoms with Crippen molar-refractivity contribution in [1.29, 1.82) is 0 Å². The number of morpholine rings is 1. The van der Waals surface area contributed by atoms with Crippen LogP contribution >= 0.6 is 0 Å². The van der Waals surface area contributed by atoms with Crippen LogP contribution in [0.3, 0.4) is 0 Å². The molecule has 0 aliphatic carbocycles. The SMILES string of the molecule is CCCc1cccc(C2(O)OCC(C)(C)NC2C)c1. The van der Waals surface area contributed by atoms with Crippen LogP contribution in [0.15, 0.2) is 24.3 Å². The molecule has 2 atom stereocenters. The first-order chi connectivity index (χ1) is 8.87. The van der Waals surface area contributed by atoms with Gasteiger partial charge in [0.05, 0.1) is 12.6 Å².